The van der Waals surface area contributed by atoms with Crippen molar-refractivity contribution in [3.8, 4) is 28.4 Å². The molecule has 0 N–H and O–H groups in total. The molecule has 3 heterocycles. The number of para-hydroxylation sites is 6. The van der Waals surface area contributed by atoms with Crippen molar-refractivity contribution < 1.29 is 34.6 Å². The van der Waals surface area contributed by atoms with Gasteiger partial charge in [0, 0.05) is 84.3 Å². The first-order chi connectivity index (χ1) is 32.2. The minimum absolute atomic E-state index is 0. The fourth-order valence-electron chi connectivity index (χ4n) is 8.86. The predicted octanol–water partition coefficient (Wildman–Crippen LogP) is 15.7. The number of hydrogen-bond donors (Lipinski definition) is 0. The molecule has 0 fully saturated rings. The summed E-state index contributed by atoms with van der Waals surface area (Å²) in [7, 11) is 0. The van der Waals surface area contributed by atoms with Gasteiger partial charge in [0.25, 0.3) is 0 Å². The van der Waals surface area contributed by atoms with E-state index in [2.05, 4.69) is 114 Å². The number of hydrogen-bond acceptors (Lipinski definition) is 5. The van der Waals surface area contributed by atoms with E-state index in [0.29, 0.717) is 28.3 Å². The van der Waals surface area contributed by atoms with Gasteiger partial charge in [0.15, 0.2) is 0 Å². The SMILES string of the molecule is CC(C)(C)c1ccnc(-n2c3[c-]c(Oc4[c-]c(N5[CH-]N(c6ccccc6-c6cc(F)cc(F)c6)c6ccccc65)cc(N(c5ccccc5)c5ccccc5)c4)ccc3c3ccccc32)c1.[Pt]. The second-order valence-corrected chi connectivity index (χ2v) is 17.3. The monoisotopic (exact) mass is 1060 g/mol. The van der Waals surface area contributed by atoms with E-state index in [-0.39, 0.29) is 26.5 Å². The van der Waals surface area contributed by atoms with Gasteiger partial charge >= 0.3 is 0 Å². The van der Waals surface area contributed by atoms with Crippen molar-refractivity contribution in [2.75, 3.05) is 14.7 Å². The first-order valence-electron chi connectivity index (χ1n) is 21.8. The molecule has 1 aliphatic heterocycles. The van der Waals surface area contributed by atoms with Gasteiger partial charge in [-0.15, -0.1) is 42.4 Å². The molecule has 0 atom stereocenters. The summed E-state index contributed by atoms with van der Waals surface area (Å²) in [4.78, 5) is 11.2. The van der Waals surface area contributed by atoms with E-state index in [1.807, 2.05) is 121 Å². The number of pyridine rings is 1. The molecule has 0 amide bonds. The summed E-state index contributed by atoms with van der Waals surface area (Å²) in [6.45, 7) is 8.60. The summed E-state index contributed by atoms with van der Waals surface area (Å²) >= 11 is 0. The van der Waals surface area contributed by atoms with E-state index in [9.17, 15) is 8.78 Å². The third-order valence-corrected chi connectivity index (χ3v) is 11.9. The summed E-state index contributed by atoms with van der Waals surface area (Å²) < 4.78 is 38.4. The average Bonchev–Trinajstić information content (AvgIpc) is 3.88. The first-order valence-corrected chi connectivity index (χ1v) is 21.8. The molecule has 0 spiro atoms. The molecule has 0 radical (unpaired) electrons. The number of aromatic nitrogens is 2. The molecule has 6 nitrogen and oxygen atoms in total. The number of benzene rings is 8. The third-order valence-electron chi connectivity index (χ3n) is 11.9. The Balaban J connectivity index is 0.00000525. The van der Waals surface area contributed by atoms with Gasteiger partial charge in [-0.1, -0.05) is 123 Å². The summed E-state index contributed by atoms with van der Waals surface area (Å²) in [5, 5.41) is 2.12. The Morgan fingerprint density at radius 2 is 1.19 bits per heavy atom. The van der Waals surface area contributed by atoms with Crippen LogP contribution in [0.2, 0.25) is 0 Å². The van der Waals surface area contributed by atoms with Gasteiger partial charge in [-0.3, -0.25) is 0 Å². The van der Waals surface area contributed by atoms with Crippen LogP contribution in [0, 0.1) is 30.4 Å². The second kappa shape index (κ2) is 17.7. The first kappa shape index (κ1) is 43.4. The van der Waals surface area contributed by atoms with Gasteiger partial charge in [0.2, 0.25) is 0 Å². The van der Waals surface area contributed by atoms with E-state index in [0.717, 1.165) is 67.8 Å². The van der Waals surface area contributed by atoms with E-state index in [4.69, 9.17) is 9.72 Å². The standard InChI is InChI=1S/C58H42F2N5O.Pt/c1-58(2,3)40-28-29-61-57(32-40)65-53-23-13-11-21-50(53)51-27-26-47(37-56(51)65)66-48-35-45(34-46(36-48)64(43-16-6-4-7-17-43)44-18-8-5-9-19-44)62-38-63(55-25-15-14-24-54(55)62)52-22-12-10-20-49(52)39-30-41(59)33-42(60)31-39;/h4-34,36,38H,1-3H3;/q-3;. The van der Waals surface area contributed by atoms with E-state index in [1.165, 1.54) is 17.7 Å². The quantitative estimate of drug-likeness (QED) is 0.135. The molecule has 0 bridgehead atoms. The molecule has 332 valence electrons. The molecule has 1 aliphatic rings. The topological polar surface area (TPSA) is 36.8 Å². The Hall–Kier alpha value is -7.54. The van der Waals surface area contributed by atoms with Crippen LogP contribution in [0.3, 0.4) is 0 Å². The van der Waals surface area contributed by atoms with Gasteiger partial charge in [-0.2, -0.15) is 6.07 Å². The summed E-state index contributed by atoms with van der Waals surface area (Å²) in [6, 6.07) is 67.7. The number of halogens is 2. The number of fused-ring (bicyclic) bond motifs is 4. The van der Waals surface area contributed by atoms with Crippen molar-refractivity contribution in [1.29, 1.82) is 0 Å². The van der Waals surface area contributed by atoms with Crippen molar-refractivity contribution in [3.05, 3.63) is 230 Å². The van der Waals surface area contributed by atoms with Crippen LogP contribution in [0.15, 0.2) is 194 Å². The minimum atomic E-state index is -0.642. The van der Waals surface area contributed by atoms with Gasteiger partial charge < -0.3 is 24.0 Å². The van der Waals surface area contributed by atoms with Gasteiger partial charge in [-0.25, -0.2) is 13.8 Å². The maximum Gasteiger partial charge on any atom is 0.135 e. The number of ether oxygens (including phenoxy) is 1. The smallest absolute Gasteiger partial charge is 0.135 e. The molecule has 67 heavy (non-hydrogen) atoms. The molecule has 0 saturated carbocycles. The number of nitrogens with zero attached hydrogens (tertiary/aromatic N) is 5. The Morgan fingerprint density at radius 1 is 0.567 bits per heavy atom. The molecule has 2 aromatic heterocycles. The molecule has 10 aromatic rings. The van der Waals surface area contributed by atoms with E-state index in [1.54, 1.807) is 0 Å². The second-order valence-electron chi connectivity index (χ2n) is 17.3. The molecule has 0 unspecified atom stereocenters. The zero-order valence-corrected chi connectivity index (χ0v) is 39.0. The zero-order chi connectivity index (χ0) is 44.9. The fraction of sp³-hybridized carbons (Fsp3) is 0.0690. The van der Waals surface area contributed by atoms with Crippen molar-refractivity contribution >= 4 is 61.6 Å². The van der Waals surface area contributed by atoms with Crippen LogP contribution < -0.4 is 19.4 Å². The van der Waals surface area contributed by atoms with Crippen LogP contribution >= 0.6 is 0 Å². The van der Waals surface area contributed by atoms with Crippen molar-refractivity contribution in [1.82, 2.24) is 9.55 Å². The Labute approximate surface area is 403 Å². The van der Waals surface area contributed by atoms with Gasteiger partial charge in [0.1, 0.15) is 17.5 Å². The van der Waals surface area contributed by atoms with Crippen molar-refractivity contribution in [2.24, 2.45) is 0 Å². The summed E-state index contributed by atoms with van der Waals surface area (Å²) in [5.74, 6) is 0.489. The zero-order valence-electron chi connectivity index (χ0n) is 36.8. The molecule has 8 aromatic carbocycles. The molecule has 0 saturated heterocycles. The summed E-state index contributed by atoms with van der Waals surface area (Å²) in [6.07, 6.45) is 1.87. The Bertz CT molecular complexity index is 3370. The summed E-state index contributed by atoms with van der Waals surface area (Å²) in [5.41, 5.74) is 10.0. The maximum absolute atomic E-state index is 14.7. The largest absolute Gasteiger partial charge is 0.509 e. The molecule has 9 heteroatoms. The van der Waals surface area contributed by atoms with E-state index < -0.39 is 11.6 Å². The van der Waals surface area contributed by atoms with Crippen LogP contribution in [-0.4, -0.2) is 9.55 Å². The van der Waals surface area contributed by atoms with Crippen LogP contribution in [0.1, 0.15) is 26.3 Å². The molecular formula is C58H42F2N5OPt-3. The van der Waals surface area contributed by atoms with Crippen molar-refractivity contribution in [2.45, 2.75) is 26.2 Å². The molecule has 0 aliphatic carbocycles. The van der Waals surface area contributed by atoms with Crippen LogP contribution in [0.4, 0.5) is 48.6 Å². The average molecular weight is 1060 g/mol. The number of anilines is 7. The third kappa shape index (κ3) is 8.23. The minimum Gasteiger partial charge on any atom is -0.509 e. The van der Waals surface area contributed by atoms with Crippen LogP contribution in [0.25, 0.3) is 38.8 Å². The Kier molecular flexibility index (Phi) is 11.4. The number of rotatable bonds is 9. The Morgan fingerprint density at radius 3 is 1.90 bits per heavy atom. The normalized spacial score (nSPS) is 12.3. The van der Waals surface area contributed by atoms with Gasteiger partial charge in [-0.05, 0) is 94.7 Å². The molecule has 11 rings (SSSR count). The maximum atomic E-state index is 14.7. The van der Waals surface area contributed by atoms with Crippen LogP contribution in [0.5, 0.6) is 11.5 Å². The van der Waals surface area contributed by atoms with Crippen LogP contribution in [-0.2, 0) is 26.5 Å². The van der Waals surface area contributed by atoms with Gasteiger partial charge in [0.05, 0.1) is 0 Å². The van der Waals surface area contributed by atoms with Crippen molar-refractivity contribution in [3.63, 3.8) is 0 Å². The predicted molar refractivity (Wildman–Crippen MR) is 263 cm³/mol. The fourth-order valence-corrected chi connectivity index (χ4v) is 8.86. The molecular weight excluding hydrogens is 1020 g/mol. The van der Waals surface area contributed by atoms with E-state index >= 15 is 0 Å².